The highest BCUT2D eigenvalue weighted by atomic mass is 16.5. The molecule has 0 unspecified atom stereocenters. The lowest BCUT2D eigenvalue weighted by Gasteiger charge is -2.40. The van der Waals surface area contributed by atoms with E-state index in [1.165, 1.54) is 7.11 Å². The van der Waals surface area contributed by atoms with Gasteiger partial charge in [0, 0.05) is 11.8 Å². The summed E-state index contributed by atoms with van der Waals surface area (Å²) < 4.78 is 15.8. The quantitative estimate of drug-likeness (QED) is 0.794. The molecule has 0 bridgehead atoms. The lowest BCUT2D eigenvalue weighted by atomic mass is 10.1. The van der Waals surface area contributed by atoms with Crippen molar-refractivity contribution < 1.29 is 19.0 Å². The minimum atomic E-state index is -0.320. The van der Waals surface area contributed by atoms with Gasteiger partial charge in [-0.1, -0.05) is 6.07 Å². The summed E-state index contributed by atoms with van der Waals surface area (Å²) in [6.45, 7) is 1.63. The normalized spacial score (nSPS) is 14.1. The van der Waals surface area contributed by atoms with E-state index >= 15 is 0 Å². The van der Waals surface area contributed by atoms with Crippen LogP contribution in [0.1, 0.15) is 10.4 Å². The Hall–Kier alpha value is -2.69. The van der Waals surface area contributed by atoms with Crippen LogP contribution in [0.15, 0.2) is 48.5 Å². The van der Waals surface area contributed by atoms with Crippen molar-refractivity contribution in [3.8, 4) is 11.5 Å². The lowest BCUT2D eigenvalue weighted by Crippen LogP contribution is -2.54. The van der Waals surface area contributed by atoms with E-state index < -0.39 is 0 Å². The average Bonchev–Trinajstić information content (AvgIpc) is 2.57. The molecule has 2 aromatic carbocycles. The summed E-state index contributed by atoms with van der Waals surface area (Å²) in [4.78, 5) is 13.6. The molecule has 0 aromatic heterocycles. The molecule has 1 fully saturated rings. The summed E-state index contributed by atoms with van der Waals surface area (Å²) in [7, 11) is 3.02. The van der Waals surface area contributed by atoms with E-state index in [-0.39, 0.29) is 12.1 Å². The Morgan fingerprint density at radius 3 is 2.39 bits per heavy atom. The van der Waals surface area contributed by atoms with E-state index in [0.717, 1.165) is 30.3 Å². The van der Waals surface area contributed by atoms with Gasteiger partial charge < -0.3 is 19.1 Å². The Kier molecular flexibility index (Phi) is 4.37. The van der Waals surface area contributed by atoms with Gasteiger partial charge in [0.05, 0.1) is 32.9 Å². The summed E-state index contributed by atoms with van der Waals surface area (Å²) in [5.41, 5.74) is 1.63. The van der Waals surface area contributed by atoms with Crippen LogP contribution in [0.3, 0.4) is 0 Å². The zero-order valence-electron chi connectivity index (χ0n) is 13.2. The highest BCUT2D eigenvalue weighted by molar-refractivity contribution is 5.89. The first kappa shape index (κ1) is 15.2. The topological polar surface area (TPSA) is 48.0 Å². The smallest absolute Gasteiger partial charge is 0.337 e. The third kappa shape index (κ3) is 3.39. The Bertz CT molecular complexity index is 678. The second-order valence-corrected chi connectivity index (χ2v) is 5.36. The minimum Gasteiger partial charge on any atom is -0.497 e. The first-order valence-corrected chi connectivity index (χ1v) is 7.43. The molecule has 5 nitrogen and oxygen atoms in total. The predicted molar refractivity (Wildman–Crippen MR) is 87.4 cm³/mol. The second-order valence-electron chi connectivity index (χ2n) is 5.36. The van der Waals surface area contributed by atoms with Gasteiger partial charge in [-0.05, 0) is 36.4 Å². The van der Waals surface area contributed by atoms with E-state index in [2.05, 4.69) is 4.90 Å². The Labute approximate surface area is 135 Å². The molecule has 0 amide bonds. The van der Waals surface area contributed by atoms with Crippen LogP contribution in [0, 0.1) is 0 Å². The fraction of sp³-hybridized carbons (Fsp3) is 0.278. The van der Waals surface area contributed by atoms with E-state index in [9.17, 15) is 4.79 Å². The number of benzene rings is 2. The van der Waals surface area contributed by atoms with Gasteiger partial charge in [0.1, 0.15) is 17.6 Å². The summed E-state index contributed by atoms with van der Waals surface area (Å²) >= 11 is 0. The molecule has 0 aliphatic carbocycles. The van der Waals surface area contributed by atoms with Crippen LogP contribution < -0.4 is 14.4 Å². The van der Waals surface area contributed by atoms with Crippen LogP contribution in [-0.2, 0) is 4.74 Å². The van der Waals surface area contributed by atoms with Crippen molar-refractivity contribution >= 4 is 11.7 Å². The molecule has 0 atom stereocenters. The van der Waals surface area contributed by atoms with Crippen LogP contribution >= 0.6 is 0 Å². The molecule has 23 heavy (non-hydrogen) atoms. The van der Waals surface area contributed by atoms with Gasteiger partial charge in [0.25, 0.3) is 0 Å². The van der Waals surface area contributed by atoms with Crippen molar-refractivity contribution in [2.24, 2.45) is 0 Å². The number of nitrogens with zero attached hydrogens (tertiary/aromatic N) is 1. The number of esters is 1. The third-order valence-electron chi connectivity index (χ3n) is 3.85. The Morgan fingerprint density at radius 2 is 1.74 bits per heavy atom. The molecule has 1 aliphatic heterocycles. The SMILES string of the molecule is COC(=O)c1ccc(N2CC(Oc3cccc(OC)c3)C2)cc1. The van der Waals surface area contributed by atoms with Crippen LogP contribution in [0.2, 0.25) is 0 Å². The average molecular weight is 313 g/mol. The van der Waals surface area contributed by atoms with Crippen molar-refractivity contribution in [3.05, 3.63) is 54.1 Å². The fourth-order valence-electron chi connectivity index (χ4n) is 2.52. The summed E-state index contributed by atoms with van der Waals surface area (Å²) in [5.74, 6) is 1.28. The number of methoxy groups -OCH3 is 2. The molecule has 5 heteroatoms. The first-order valence-electron chi connectivity index (χ1n) is 7.43. The molecule has 1 saturated heterocycles. The van der Waals surface area contributed by atoms with E-state index in [0.29, 0.717) is 5.56 Å². The summed E-state index contributed by atoms with van der Waals surface area (Å²) in [6.07, 6.45) is 0.155. The van der Waals surface area contributed by atoms with Gasteiger partial charge in [-0.3, -0.25) is 0 Å². The molecule has 0 radical (unpaired) electrons. The number of carbonyl (C=O) groups is 1. The molecule has 3 rings (SSSR count). The fourth-order valence-corrected chi connectivity index (χ4v) is 2.52. The van der Waals surface area contributed by atoms with Gasteiger partial charge in [-0.15, -0.1) is 0 Å². The zero-order chi connectivity index (χ0) is 16.2. The number of anilines is 1. The summed E-state index contributed by atoms with van der Waals surface area (Å²) in [5, 5.41) is 0. The highest BCUT2D eigenvalue weighted by Gasteiger charge is 2.28. The number of carbonyl (C=O) groups excluding carboxylic acids is 1. The Balaban J connectivity index is 1.55. The largest absolute Gasteiger partial charge is 0.497 e. The molecule has 0 N–H and O–H groups in total. The van der Waals surface area contributed by atoms with Gasteiger partial charge in [0.2, 0.25) is 0 Å². The van der Waals surface area contributed by atoms with Crippen molar-refractivity contribution in [3.63, 3.8) is 0 Å². The van der Waals surface area contributed by atoms with E-state index in [4.69, 9.17) is 14.2 Å². The van der Waals surface area contributed by atoms with Gasteiger partial charge in [-0.25, -0.2) is 4.79 Å². The maximum absolute atomic E-state index is 11.4. The van der Waals surface area contributed by atoms with Crippen molar-refractivity contribution in [2.45, 2.75) is 6.10 Å². The molecule has 120 valence electrons. The second kappa shape index (κ2) is 6.60. The van der Waals surface area contributed by atoms with Gasteiger partial charge >= 0.3 is 5.97 Å². The van der Waals surface area contributed by atoms with Crippen molar-refractivity contribution in [1.82, 2.24) is 0 Å². The van der Waals surface area contributed by atoms with Crippen molar-refractivity contribution in [1.29, 1.82) is 0 Å². The predicted octanol–water partition coefficient (Wildman–Crippen LogP) is 2.75. The molecular formula is C18H19NO4. The standard InChI is InChI=1S/C18H19NO4/c1-21-15-4-3-5-16(10-15)23-17-11-19(12-17)14-8-6-13(7-9-14)18(20)22-2/h3-10,17H,11-12H2,1-2H3. The number of ether oxygens (including phenoxy) is 3. The molecule has 0 saturated carbocycles. The maximum Gasteiger partial charge on any atom is 0.337 e. The van der Waals surface area contributed by atoms with Crippen LogP contribution in [0.25, 0.3) is 0 Å². The number of hydrogen-bond donors (Lipinski definition) is 0. The molecule has 2 aromatic rings. The van der Waals surface area contributed by atoms with Crippen LogP contribution in [-0.4, -0.2) is 39.4 Å². The Morgan fingerprint density at radius 1 is 1.04 bits per heavy atom. The lowest BCUT2D eigenvalue weighted by molar-refractivity contribution is 0.0600. The molecular weight excluding hydrogens is 294 g/mol. The molecule has 1 aliphatic rings. The van der Waals surface area contributed by atoms with E-state index in [1.807, 2.05) is 36.4 Å². The van der Waals surface area contributed by atoms with Gasteiger partial charge in [0.15, 0.2) is 0 Å². The third-order valence-corrected chi connectivity index (χ3v) is 3.85. The first-order chi connectivity index (χ1) is 11.2. The monoisotopic (exact) mass is 313 g/mol. The molecule has 0 spiro atoms. The van der Waals surface area contributed by atoms with Crippen molar-refractivity contribution in [2.75, 3.05) is 32.2 Å². The van der Waals surface area contributed by atoms with Crippen LogP contribution in [0.5, 0.6) is 11.5 Å². The highest BCUT2D eigenvalue weighted by Crippen LogP contribution is 2.26. The minimum absolute atomic E-state index is 0.155. The number of rotatable bonds is 5. The van der Waals surface area contributed by atoms with Gasteiger partial charge in [-0.2, -0.15) is 0 Å². The van der Waals surface area contributed by atoms with E-state index in [1.54, 1.807) is 19.2 Å². The zero-order valence-corrected chi connectivity index (χ0v) is 13.2. The molecule has 1 heterocycles. The number of hydrogen-bond acceptors (Lipinski definition) is 5. The van der Waals surface area contributed by atoms with Crippen LogP contribution in [0.4, 0.5) is 5.69 Å². The maximum atomic E-state index is 11.4. The summed E-state index contributed by atoms with van der Waals surface area (Å²) in [6, 6.07) is 15.0.